The molecule has 0 heterocycles. The van der Waals surface area contributed by atoms with Gasteiger partial charge in [0.1, 0.15) is 0 Å². The van der Waals surface area contributed by atoms with E-state index in [1.807, 2.05) is 20.8 Å². The molecule has 0 aromatic carbocycles. The maximum Gasteiger partial charge on any atom is 0.164 e. The predicted octanol–water partition coefficient (Wildman–Crippen LogP) is 3.73. The highest BCUT2D eigenvalue weighted by Gasteiger charge is 2.17. The molecule has 84 valence electrons. The van der Waals surface area contributed by atoms with Crippen LogP contribution in [-0.4, -0.2) is 16.5 Å². The lowest BCUT2D eigenvalue weighted by Gasteiger charge is -2.18. The van der Waals surface area contributed by atoms with Crippen LogP contribution in [0.25, 0.3) is 0 Å². The van der Waals surface area contributed by atoms with Crippen LogP contribution < -0.4 is 0 Å². The molecule has 2 heteroatoms. The first-order valence-electron chi connectivity index (χ1n) is 5.78. The lowest BCUT2D eigenvalue weighted by Crippen LogP contribution is -2.29. The van der Waals surface area contributed by atoms with Gasteiger partial charge in [0, 0.05) is 27.2 Å². The van der Waals surface area contributed by atoms with Crippen LogP contribution in [0.5, 0.6) is 0 Å². The minimum absolute atomic E-state index is 0.274. The lowest BCUT2D eigenvalue weighted by atomic mass is 10.1. The molecule has 0 fully saturated rings. The topological polar surface area (TPSA) is 26.1 Å². The molecule has 0 aliphatic carbocycles. The average molecular weight is 199 g/mol. The van der Waals surface area contributed by atoms with Crippen LogP contribution in [0.3, 0.4) is 0 Å². The molecular formula is C12H25NO. The van der Waals surface area contributed by atoms with Crippen molar-refractivity contribution in [3.05, 3.63) is 5.21 Å². The molecule has 0 saturated carbocycles. The summed E-state index contributed by atoms with van der Waals surface area (Å²) >= 11 is 0. The fraction of sp³-hybridized carbons (Fsp3) is 0.917. The van der Waals surface area contributed by atoms with Crippen molar-refractivity contribution >= 4 is 6.21 Å². The SMILES string of the molecule is CCCCCCC/C=[N+](\[O-])C(C)(C)C. The third kappa shape index (κ3) is 6.93. The van der Waals surface area contributed by atoms with Gasteiger partial charge in [-0.05, 0) is 6.42 Å². The fourth-order valence-corrected chi connectivity index (χ4v) is 1.23. The van der Waals surface area contributed by atoms with Gasteiger partial charge in [-0.15, -0.1) is 0 Å². The predicted molar refractivity (Wildman–Crippen MR) is 62.8 cm³/mol. The normalized spacial score (nSPS) is 13.3. The number of rotatable bonds is 6. The first kappa shape index (κ1) is 13.5. The third-order valence-corrected chi connectivity index (χ3v) is 2.26. The minimum Gasteiger partial charge on any atom is -0.624 e. The zero-order chi connectivity index (χ0) is 11.0. The minimum atomic E-state index is -0.274. The standard InChI is InChI=1S/C12H25NO/c1-5-6-7-8-9-10-11-13(14)12(2,3)4/h11H,5-10H2,1-4H3/b13-11-. The van der Waals surface area contributed by atoms with Crippen molar-refractivity contribution in [2.24, 2.45) is 0 Å². The van der Waals surface area contributed by atoms with E-state index in [0.29, 0.717) is 0 Å². The zero-order valence-electron chi connectivity index (χ0n) is 10.2. The lowest BCUT2D eigenvalue weighted by molar-refractivity contribution is -0.532. The monoisotopic (exact) mass is 199 g/mol. The van der Waals surface area contributed by atoms with E-state index in [2.05, 4.69) is 6.92 Å². The Morgan fingerprint density at radius 2 is 1.64 bits per heavy atom. The Labute approximate surface area is 88.6 Å². The van der Waals surface area contributed by atoms with Gasteiger partial charge in [0.25, 0.3) is 0 Å². The van der Waals surface area contributed by atoms with Crippen LogP contribution in [0, 0.1) is 5.21 Å². The Morgan fingerprint density at radius 3 is 2.14 bits per heavy atom. The van der Waals surface area contributed by atoms with Crippen LogP contribution in [-0.2, 0) is 0 Å². The van der Waals surface area contributed by atoms with E-state index < -0.39 is 0 Å². The van der Waals surface area contributed by atoms with Gasteiger partial charge in [0.15, 0.2) is 11.8 Å². The average Bonchev–Trinajstić information content (AvgIpc) is 2.09. The van der Waals surface area contributed by atoms with Crippen molar-refractivity contribution in [1.82, 2.24) is 0 Å². The van der Waals surface area contributed by atoms with Gasteiger partial charge in [-0.2, -0.15) is 0 Å². The Balaban J connectivity index is 3.52. The van der Waals surface area contributed by atoms with E-state index >= 15 is 0 Å². The smallest absolute Gasteiger partial charge is 0.164 e. The van der Waals surface area contributed by atoms with Gasteiger partial charge in [-0.1, -0.05) is 32.6 Å². The first-order valence-corrected chi connectivity index (χ1v) is 5.78. The molecule has 0 atom stereocenters. The maximum atomic E-state index is 11.4. The summed E-state index contributed by atoms with van der Waals surface area (Å²) in [5, 5.41) is 11.4. The second-order valence-corrected chi connectivity index (χ2v) is 4.88. The summed E-state index contributed by atoms with van der Waals surface area (Å²) in [4.78, 5) is 0. The summed E-state index contributed by atoms with van der Waals surface area (Å²) in [6, 6.07) is 0. The van der Waals surface area contributed by atoms with E-state index in [1.54, 1.807) is 6.21 Å². The summed E-state index contributed by atoms with van der Waals surface area (Å²) in [5.41, 5.74) is -0.274. The molecular weight excluding hydrogens is 174 g/mol. The van der Waals surface area contributed by atoms with Crippen molar-refractivity contribution < 1.29 is 4.74 Å². The molecule has 0 radical (unpaired) electrons. The van der Waals surface area contributed by atoms with Crippen LogP contribution in [0.4, 0.5) is 0 Å². The number of unbranched alkanes of at least 4 members (excludes halogenated alkanes) is 5. The highest BCUT2D eigenvalue weighted by molar-refractivity contribution is 5.51. The highest BCUT2D eigenvalue weighted by Crippen LogP contribution is 2.07. The van der Waals surface area contributed by atoms with Crippen molar-refractivity contribution in [3.8, 4) is 0 Å². The third-order valence-electron chi connectivity index (χ3n) is 2.26. The molecule has 0 unspecified atom stereocenters. The number of hydrogen-bond acceptors (Lipinski definition) is 1. The maximum absolute atomic E-state index is 11.4. The van der Waals surface area contributed by atoms with E-state index in [0.717, 1.165) is 17.6 Å². The molecule has 0 N–H and O–H groups in total. The molecule has 0 spiro atoms. The van der Waals surface area contributed by atoms with Gasteiger partial charge >= 0.3 is 0 Å². The molecule has 0 aromatic heterocycles. The molecule has 0 aliphatic heterocycles. The van der Waals surface area contributed by atoms with Crippen molar-refractivity contribution in [1.29, 1.82) is 0 Å². The molecule has 0 rings (SSSR count). The molecule has 0 aromatic rings. The molecule has 2 nitrogen and oxygen atoms in total. The van der Waals surface area contributed by atoms with E-state index in [1.165, 1.54) is 25.7 Å². The Kier molecular flexibility index (Phi) is 6.60. The largest absolute Gasteiger partial charge is 0.624 e. The van der Waals surface area contributed by atoms with Crippen molar-refractivity contribution in [2.45, 2.75) is 71.8 Å². The molecule has 0 bridgehead atoms. The summed E-state index contributed by atoms with van der Waals surface area (Å²) in [7, 11) is 0. The summed E-state index contributed by atoms with van der Waals surface area (Å²) in [6.45, 7) is 8.03. The van der Waals surface area contributed by atoms with Crippen molar-refractivity contribution in [3.63, 3.8) is 0 Å². The number of nitrogens with zero attached hydrogens (tertiary/aromatic N) is 1. The second-order valence-electron chi connectivity index (χ2n) is 4.88. The van der Waals surface area contributed by atoms with Crippen molar-refractivity contribution in [2.75, 3.05) is 0 Å². The number of hydroxylamine groups is 1. The van der Waals surface area contributed by atoms with E-state index in [9.17, 15) is 5.21 Å². The second kappa shape index (κ2) is 6.86. The highest BCUT2D eigenvalue weighted by atomic mass is 16.5. The fourth-order valence-electron chi connectivity index (χ4n) is 1.23. The van der Waals surface area contributed by atoms with Crippen LogP contribution in [0.15, 0.2) is 0 Å². The Bertz CT molecular complexity index is 168. The van der Waals surface area contributed by atoms with Crippen LogP contribution in [0.2, 0.25) is 0 Å². The van der Waals surface area contributed by atoms with Crippen LogP contribution in [0.1, 0.15) is 66.2 Å². The zero-order valence-corrected chi connectivity index (χ0v) is 10.2. The molecule has 0 saturated heterocycles. The van der Waals surface area contributed by atoms with Crippen LogP contribution >= 0.6 is 0 Å². The molecule has 0 aliphatic rings. The van der Waals surface area contributed by atoms with Gasteiger partial charge in [0.05, 0.1) is 0 Å². The Hall–Kier alpha value is -0.530. The molecule has 14 heavy (non-hydrogen) atoms. The summed E-state index contributed by atoms with van der Waals surface area (Å²) in [6.07, 6.45) is 9.01. The van der Waals surface area contributed by atoms with Gasteiger partial charge < -0.3 is 5.21 Å². The summed E-state index contributed by atoms with van der Waals surface area (Å²) < 4.78 is 1.08. The van der Waals surface area contributed by atoms with E-state index in [4.69, 9.17) is 0 Å². The first-order chi connectivity index (χ1) is 6.48. The Morgan fingerprint density at radius 1 is 1.07 bits per heavy atom. The van der Waals surface area contributed by atoms with Gasteiger partial charge in [-0.3, -0.25) is 0 Å². The van der Waals surface area contributed by atoms with Gasteiger partial charge in [-0.25, -0.2) is 4.74 Å². The quantitative estimate of drug-likeness (QED) is 0.210. The summed E-state index contributed by atoms with van der Waals surface area (Å²) in [5.74, 6) is 0. The number of hydrogen-bond donors (Lipinski definition) is 0. The van der Waals surface area contributed by atoms with Gasteiger partial charge in [0.2, 0.25) is 0 Å². The molecule has 0 amide bonds. The van der Waals surface area contributed by atoms with E-state index in [-0.39, 0.29) is 5.54 Å².